The third-order valence-corrected chi connectivity index (χ3v) is 3.10. The van der Waals surface area contributed by atoms with E-state index in [1.165, 1.54) is 12.8 Å². The molecule has 0 bridgehead atoms. The van der Waals surface area contributed by atoms with Crippen LogP contribution in [0, 0.1) is 0 Å². The molecule has 0 spiro atoms. The zero-order valence-corrected chi connectivity index (χ0v) is 9.08. The van der Waals surface area contributed by atoms with E-state index < -0.39 is 0 Å². The average Bonchev–Trinajstić information content (AvgIpc) is 2.19. The minimum atomic E-state index is 0.596. The lowest BCUT2D eigenvalue weighted by atomic mass is 10.1. The lowest BCUT2D eigenvalue weighted by Crippen LogP contribution is -2.59. The molecule has 0 aromatic rings. The summed E-state index contributed by atoms with van der Waals surface area (Å²) < 4.78 is 6.14. The van der Waals surface area contributed by atoms with Crippen LogP contribution in [0.25, 0.3) is 0 Å². The van der Waals surface area contributed by atoms with Gasteiger partial charge in [-0.25, -0.2) is 4.84 Å². The van der Waals surface area contributed by atoms with Gasteiger partial charge in [0.1, 0.15) is 19.1 Å². The van der Waals surface area contributed by atoms with E-state index in [1.807, 2.05) is 7.11 Å². The predicted octanol–water partition coefficient (Wildman–Crippen LogP) is 1.58. The quantitative estimate of drug-likeness (QED) is 0.624. The van der Waals surface area contributed by atoms with Crippen LogP contribution in [0.2, 0.25) is 0 Å². The molecule has 1 atom stereocenters. The molecule has 0 saturated carbocycles. The van der Waals surface area contributed by atoms with Crippen molar-refractivity contribution in [3.05, 3.63) is 0 Å². The molecule has 13 heavy (non-hydrogen) atoms. The van der Waals surface area contributed by atoms with Gasteiger partial charge in [-0.1, -0.05) is 13.3 Å². The molecule has 0 radical (unpaired) electrons. The molecule has 78 valence electrons. The molecule has 1 aliphatic rings. The standard InChI is InChI=1S/C10H22NO2/c1-4-5-10(2)11(12-3)6-8-13-9-7-11/h10H,4-9H2,1-3H3/q+1. The summed E-state index contributed by atoms with van der Waals surface area (Å²) in [4.78, 5) is 5.65. The molecule has 1 saturated heterocycles. The summed E-state index contributed by atoms with van der Waals surface area (Å²) in [5.41, 5.74) is 0. The van der Waals surface area contributed by atoms with Crippen LogP contribution >= 0.6 is 0 Å². The fourth-order valence-corrected chi connectivity index (χ4v) is 2.11. The van der Waals surface area contributed by atoms with Crippen LogP contribution in [-0.4, -0.2) is 44.1 Å². The molecule has 1 aliphatic heterocycles. The molecule has 1 rings (SSSR count). The highest BCUT2D eigenvalue weighted by atomic mass is 16.7. The van der Waals surface area contributed by atoms with E-state index in [-0.39, 0.29) is 0 Å². The van der Waals surface area contributed by atoms with Crippen LogP contribution in [0.5, 0.6) is 0 Å². The molecule has 0 N–H and O–H groups in total. The number of ether oxygens (including phenoxy) is 1. The van der Waals surface area contributed by atoms with Crippen molar-refractivity contribution in [1.29, 1.82) is 0 Å². The molecule has 0 aromatic heterocycles. The minimum absolute atomic E-state index is 0.596. The maximum atomic E-state index is 5.65. The van der Waals surface area contributed by atoms with Crippen molar-refractivity contribution in [2.45, 2.75) is 32.7 Å². The van der Waals surface area contributed by atoms with Gasteiger partial charge in [0.15, 0.2) is 0 Å². The molecule has 0 aromatic carbocycles. The Morgan fingerprint density at radius 2 is 2.00 bits per heavy atom. The average molecular weight is 188 g/mol. The second-order valence-electron chi connectivity index (χ2n) is 3.83. The first-order chi connectivity index (χ1) is 6.25. The predicted molar refractivity (Wildman–Crippen MR) is 52.2 cm³/mol. The first kappa shape index (κ1) is 11.0. The Bertz CT molecular complexity index is 144. The fraction of sp³-hybridized carbons (Fsp3) is 1.00. The van der Waals surface area contributed by atoms with E-state index >= 15 is 0 Å². The van der Waals surface area contributed by atoms with Crippen LogP contribution < -0.4 is 0 Å². The van der Waals surface area contributed by atoms with Crippen molar-refractivity contribution in [3.8, 4) is 0 Å². The van der Waals surface area contributed by atoms with Gasteiger partial charge in [0.05, 0.1) is 20.3 Å². The molecule has 3 nitrogen and oxygen atoms in total. The van der Waals surface area contributed by atoms with Crippen molar-refractivity contribution in [3.63, 3.8) is 0 Å². The Hall–Kier alpha value is -0.120. The summed E-state index contributed by atoms with van der Waals surface area (Å²) in [6, 6.07) is 0.596. The number of hydrogen-bond acceptors (Lipinski definition) is 2. The highest BCUT2D eigenvalue weighted by Gasteiger charge is 2.36. The van der Waals surface area contributed by atoms with E-state index in [0.29, 0.717) is 6.04 Å². The Morgan fingerprint density at radius 3 is 2.46 bits per heavy atom. The third kappa shape index (κ3) is 2.42. The van der Waals surface area contributed by atoms with Crippen LogP contribution in [0.3, 0.4) is 0 Å². The van der Waals surface area contributed by atoms with Gasteiger partial charge < -0.3 is 4.74 Å². The zero-order valence-electron chi connectivity index (χ0n) is 9.08. The summed E-state index contributed by atoms with van der Waals surface area (Å²) in [5.74, 6) is 0. The van der Waals surface area contributed by atoms with Crippen LogP contribution in [0.15, 0.2) is 0 Å². The van der Waals surface area contributed by atoms with E-state index in [1.54, 1.807) is 0 Å². The van der Waals surface area contributed by atoms with Crippen molar-refractivity contribution in [2.75, 3.05) is 33.4 Å². The van der Waals surface area contributed by atoms with Gasteiger partial charge in [0.25, 0.3) is 0 Å². The first-order valence-corrected chi connectivity index (χ1v) is 5.25. The molecule has 1 unspecified atom stereocenters. The monoisotopic (exact) mass is 188 g/mol. The Kier molecular flexibility index (Phi) is 4.16. The van der Waals surface area contributed by atoms with E-state index in [2.05, 4.69) is 13.8 Å². The van der Waals surface area contributed by atoms with Crippen molar-refractivity contribution < 1.29 is 14.2 Å². The number of rotatable bonds is 4. The fourth-order valence-electron chi connectivity index (χ4n) is 2.11. The summed E-state index contributed by atoms with van der Waals surface area (Å²) in [6.45, 7) is 8.17. The number of quaternary nitrogens is 1. The second-order valence-corrected chi connectivity index (χ2v) is 3.83. The minimum Gasteiger partial charge on any atom is -0.370 e. The van der Waals surface area contributed by atoms with Crippen molar-refractivity contribution in [1.82, 2.24) is 0 Å². The van der Waals surface area contributed by atoms with Crippen LogP contribution in [-0.2, 0) is 9.57 Å². The molecular formula is C10H22NO2+. The Balaban J connectivity index is 2.55. The van der Waals surface area contributed by atoms with Crippen molar-refractivity contribution >= 4 is 0 Å². The Labute approximate surface area is 81.2 Å². The molecule has 0 amide bonds. The molecule has 0 aliphatic carbocycles. The maximum absolute atomic E-state index is 5.65. The van der Waals surface area contributed by atoms with Gasteiger partial charge in [-0.05, 0) is 6.92 Å². The van der Waals surface area contributed by atoms with E-state index in [0.717, 1.165) is 30.9 Å². The molecule has 3 heteroatoms. The lowest BCUT2D eigenvalue weighted by molar-refractivity contribution is -1.12. The molecule has 1 fully saturated rings. The largest absolute Gasteiger partial charge is 0.370 e. The Morgan fingerprint density at radius 1 is 1.38 bits per heavy atom. The number of hydrogen-bond donors (Lipinski definition) is 0. The normalized spacial score (nSPS) is 24.2. The zero-order chi connectivity index (χ0) is 9.73. The van der Waals surface area contributed by atoms with Gasteiger partial charge in [-0.2, -0.15) is 4.65 Å². The topological polar surface area (TPSA) is 18.5 Å². The van der Waals surface area contributed by atoms with Gasteiger partial charge >= 0.3 is 0 Å². The SMILES string of the molecule is CCCC(C)[N+]1(OC)CCOCC1. The maximum Gasteiger partial charge on any atom is 0.133 e. The summed E-state index contributed by atoms with van der Waals surface area (Å²) in [5, 5.41) is 0. The molecular weight excluding hydrogens is 166 g/mol. The van der Waals surface area contributed by atoms with Gasteiger partial charge in [0.2, 0.25) is 0 Å². The summed E-state index contributed by atoms with van der Waals surface area (Å²) >= 11 is 0. The van der Waals surface area contributed by atoms with Crippen LogP contribution in [0.1, 0.15) is 26.7 Å². The smallest absolute Gasteiger partial charge is 0.133 e. The first-order valence-electron chi connectivity index (χ1n) is 5.25. The van der Waals surface area contributed by atoms with Crippen molar-refractivity contribution in [2.24, 2.45) is 0 Å². The summed E-state index contributed by atoms with van der Waals surface area (Å²) in [6.07, 6.45) is 2.46. The van der Waals surface area contributed by atoms with Gasteiger partial charge in [-0.15, -0.1) is 0 Å². The highest BCUT2D eigenvalue weighted by Crippen LogP contribution is 2.20. The number of nitrogens with zero attached hydrogens (tertiary/aromatic N) is 1. The van der Waals surface area contributed by atoms with Gasteiger partial charge in [-0.3, -0.25) is 0 Å². The van der Waals surface area contributed by atoms with Gasteiger partial charge in [0, 0.05) is 6.42 Å². The lowest BCUT2D eigenvalue weighted by Gasteiger charge is -2.41. The molecule has 1 heterocycles. The van der Waals surface area contributed by atoms with E-state index in [9.17, 15) is 0 Å². The van der Waals surface area contributed by atoms with Crippen LogP contribution in [0.4, 0.5) is 0 Å². The third-order valence-electron chi connectivity index (χ3n) is 3.10. The summed E-state index contributed by atoms with van der Waals surface area (Å²) in [7, 11) is 1.82. The number of hydroxylamine groups is 3. The van der Waals surface area contributed by atoms with E-state index in [4.69, 9.17) is 9.57 Å². The number of morpholine rings is 1. The second kappa shape index (κ2) is 4.94. The highest BCUT2D eigenvalue weighted by molar-refractivity contribution is 4.53.